The van der Waals surface area contributed by atoms with E-state index >= 15 is 0 Å². The Kier molecular flexibility index (Phi) is 4.69. The Morgan fingerprint density at radius 1 is 1.47 bits per heavy atom. The lowest BCUT2D eigenvalue weighted by Crippen LogP contribution is -2.31. The van der Waals surface area contributed by atoms with E-state index in [0.29, 0.717) is 12.1 Å². The largest absolute Gasteiger partial charge is 0.243 e. The first-order chi connectivity index (χ1) is 7.75. The van der Waals surface area contributed by atoms with Gasteiger partial charge in [0.1, 0.15) is 5.82 Å². The van der Waals surface area contributed by atoms with Crippen LogP contribution in [-0.4, -0.2) is 31.1 Å². The molecule has 0 aliphatic rings. The summed E-state index contributed by atoms with van der Waals surface area (Å²) in [6.45, 7) is 3.81. The summed E-state index contributed by atoms with van der Waals surface area (Å²) in [5, 5.41) is 0. The number of aryl methyl sites for hydroxylation is 1. The molecule has 6 heteroatoms. The van der Waals surface area contributed by atoms with Crippen LogP contribution in [0.25, 0.3) is 0 Å². The molecule has 1 aromatic rings. The number of benzene rings is 1. The molecule has 0 bridgehead atoms. The van der Waals surface area contributed by atoms with Gasteiger partial charge < -0.3 is 0 Å². The normalized spacial score (nSPS) is 14.0. The van der Waals surface area contributed by atoms with Gasteiger partial charge in [-0.1, -0.05) is 22.9 Å². The molecule has 0 amide bonds. The molecule has 17 heavy (non-hydrogen) atoms. The molecule has 0 radical (unpaired) electrons. The molecule has 3 nitrogen and oxygen atoms in total. The standard InChI is InChI=1S/C11H15BrFNO2S/c1-8-6-10(13)4-5-11(8)17(15,16)14(3)7-9(2)12/h4-6,9H,7H2,1-3H3. The van der Waals surface area contributed by atoms with E-state index < -0.39 is 15.8 Å². The van der Waals surface area contributed by atoms with Crippen LogP contribution in [0, 0.1) is 12.7 Å². The highest BCUT2D eigenvalue weighted by molar-refractivity contribution is 9.09. The lowest BCUT2D eigenvalue weighted by atomic mass is 10.2. The van der Waals surface area contributed by atoms with Crippen molar-refractivity contribution < 1.29 is 12.8 Å². The van der Waals surface area contributed by atoms with Gasteiger partial charge in [-0.2, -0.15) is 4.31 Å². The van der Waals surface area contributed by atoms with Gasteiger partial charge in [0, 0.05) is 18.4 Å². The van der Waals surface area contributed by atoms with E-state index in [9.17, 15) is 12.8 Å². The van der Waals surface area contributed by atoms with E-state index in [4.69, 9.17) is 0 Å². The second kappa shape index (κ2) is 5.46. The van der Waals surface area contributed by atoms with E-state index in [-0.39, 0.29) is 9.72 Å². The summed E-state index contributed by atoms with van der Waals surface area (Å²) in [5.74, 6) is -0.432. The summed E-state index contributed by atoms with van der Waals surface area (Å²) < 4.78 is 38.6. The molecule has 0 aromatic heterocycles. The molecule has 0 N–H and O–H groups in total. The smallest absolute Gasteiger partial charge is 0.207 e. The van der Waals surface area contributed by atoms with Crippen molar-refractivity contribution in [3.63, 3.8) is 0 Å². The molecule has 96 valence electrons. The zero-order chi connectivity index (χ0) is 13.2. The summed E-state index contributed by atoms with van der Waals surface area (Å²) >= 11 is 3.30. The van der Waals surface area contributed by atoms with Gasteiger partial charge in [0.2, 0.25) is 10.0 Å². The van der Waals surface area contributed by atoms with E-state index in [0.717, 1.165) is 6.07 Å². The highest BCUT2D eigenvalue weighted by atomic mass is 79.9. The van der Waals surface area contributed by atoms with Crippen LogP contribution in [0.1, 0.15) is 12.5 Å². The summed E-state index contributed by atoms with van der Waals surface area (Å²) in [6, 6.07) is 3.68. The van der Waals surface area contributed by atoms with Gasteiger partial charge in [0.05, 0.1) is 4.90 Å². The number of nitrogens with zero attached hydrogens (tertiary/aromatic N) is 1. The molecule has 0 heterocycles. The van der Waals surface area contributed by atoms with E-state index in [1.807, 2.05) is 6.92 Å². The molecule has 0 saturated heterocycles. The van der Waals surface area contributed by atoms with Crippen molar-refractivity contribution >= 4 is 26.0 Å². The lowest BCUT2D eigenvalue weighted by molar-refractivity contribution is 0.473. The number of halogens is 2. The molecule has 1 aromatic carbocycles. The Labute approximate surface area is 110 Å². The molecule has 0 spiro atoms. The highest BCUT2D eigenvalue weighted by Crippen LogP contribution is 2.20. The Morgan fingerprint density at radius 2 is 2.06 bits per heavy atom. The van der Waals surface area contributed by atoms with Crippen LogP contribution in [0.4, 0.5) is 4.39 Å². The van der Waals surface area contributed by atoms with Gasteiger partial charge in [-0.05, 0) is 30.7 Å². The quantitative estimate of drug-likeness (QED) is 0.798. The monoisotopic (exact) mass is 323 g/mol. The maximum Gasteiger partial charge on any atom is 0.243 e. The first kappa shape index (κ1) is 14.6. The van der Waals surface area contributed by atoms with Gasteiger partial charge in [0.15, 0.2) is 0 Å². The highest BCUT2D eigenvalue weighted by Gasteiger charge is 2.23. The van der Waals surface area contributed by atoms with Crippen LogP contribution in [0.2, 0.25) is 0 Å². The molecular weight excluding hydrogens is 309 g/mol. The fourth-order valence-electron chi connectivity index (χ4n) is 1.52. The minimum Gasteiger partial charge on any atom is -0.207 e. The number of hydrogen-bond donors (Lipinski definition) is 0. The molecule has 0 aliphatic carbocycles. The van der Waals surface area contributed by atoms with Crippen LogP contribution >= 0.6 is 15.9 Å². The zero-order valence-electron chi connectivity index (χ0n) is 9.94. The summed E-state index contributed by atoms with van der Waals surface area (Å²) in [5.41, 5.74) is 0.416. The van der Waals surface area contributed by atoms with Crippen LogP contribution in [0.15, 0.2) is 23.1 Å². The summed E-state index contributed by atoms with van der Waals surface area (Å²) in [7, 11) is -2.04. The average Bonchev–Trinajstić information content (AvgIpc) is 2.15. The van der Waals surface area contributed by atoms with Gasteiger partial charge in [-0.3, -0.25) is 0 Å². The number of alkyl halides is 1. The zero-order valence-corrected chi connectivity index (χ0v) is 12.3. The maximum absolute atomic E-state index is 12.9. The lowest BCUT2D eigenvalue weighted by Gasteiger charge is -2.19. The van der Waals surface area contributed by atoms with Crippen molar-refractivity contribution in [2.24, 2.45) is 0 Å². The molecule has 0 fully saturated rings. The molecule has 1 atom stereocenters. The molecule has 1 rings (SSSR count). The number of hydrogen-bond acceptors (Lipinski definition) is 2. The Bertz CT molecular complexity index is 502. The number of rotatable bonds is 4. The van der Waals surface area contributed by atoms with Crippen molar-refractivity contribution in [3.05, 3.63) is 29.6 Å². The third kappa shape index (κ3) is 3.50. The van der Waals surface area contributed by atoms with Crippen LogP contribution < -0.4 is 0 Å². The van der Waals surface area contributed by atoms with Crippen molar-refractivity contribution in [2.45, 2.75) is 23.6 Å². The van der Waals surface area contributed by atoms with Crippen molar-refractivity contribution in [3.8, 4) is 0 Å². The van der Waals surface area contributed by atoms with E-state index in [2.05, 4.69) is 15.9 Å². The van der Waals surface area contributed by atoms with Crippen LogP contribution in [-0.2, 0) is 10.0 Å². The Morgan fingerprint density at radius 3 is 2.53 bits per heavy atom. The molecular formula is C11H15BrFNO2S. The SMILES string of the molecule is Cc1cc(F)ccc1S(=O)(=O)N(C)CC(C)Br. The maximum atomic E-state index is 12.9. The first-order valence-electron chi connectivity index (χ1n) is 5.11. The Balaban J connectivity index is 3.13. The van der Waals surface area contributed by atoms with Crippen molar-refractivity contribution in [2.75, 3.05) is 13.6 Å². The number of sulfonamides is 1. The second-order valence-electron chi connectivity index (χ2n) is 3.98. The predicted octanol–water partition coefficient (Wildman–Crippen LogP) is 2.54. The fraction of sp³-hybridized carbons (Fsp3) is 0.455. The Hall–Kier alpha value is -0.460. The predicted molar refractivity (Wildman–Crippen MR) is 69.3 cm³/mol. The van der Waals surface area contributed by atoms with Crippen molar-refractivity contribution in [1.82, 2.24) is 4.31 Å². The van der Waals surface area contributed by atoms with Gasteiger partial charge in [-0.15, -0.1) is 0 Å². The second-order valence-corrected chi connectivity index (χ2v) is 7.55. The van der Waals surface area contributed by atoms with Gasteiger partial charge >= 0.3 is 0 Å². The molecule has 0 aliphatic heterocycles. The third-order valence-corrected chi connectivity index (χ3v) is 4.61. The molecule has 1 unspecified atom stereocenters. The van der Waals surface area contributed by atoms with E-state index in [1.165, 1.54) is 23.5 Å². The average molecular weight is 324 g/mol. The molecule has 0 saturated carbocycles. The first-order valence-corrected chi connectivity index (χ1v) is 7.47. The van der Waals surface area contributed by atoms with Gasteiger partial charge in [0.25, 0.3) is 0 Å². The van der Waals surface area contributed by atoms with E-state index in [1.54, 1.807) is 6.92 Å². The van der Waals surface area contributed by atoms with Crippen LogP contribution in [0.5, 0.6) is 0 Å². The third-order valence-electron chi connectivity index (χ3n) is 2.33. The minimum atomic E-state index is -3.54. The van der Waals surface area contributed by atoms with Gasteiger partial charge in [-0.25, -0.2) is 12.8 Å². The van der Waals surface area contributed by atoms with Crippen molar-refractivity contribution in [1.29, 1.82) is 0 Å². The summed E-state index contributed by atoms with van der Waals surface area (Å²) in [6.07, 6.45) is 0. The fourth-order valence-corrected chi connectivity index (χ4v) is 3.61. The minimum absolute atomic E-state index is 0.0584. The summed E-state index contributed by atoms with van der Waals surface area (Å²) in [4.78, 5) is 0.206. The topological polar surface area (TPSA) is 37.4 Å². The van der Waals surface area contributed by atoms with Crippen LogP contribution in [0.3, 0.4) is 0 Å².